The summed E-state index contributed by atoms with van der Waals surface area (Å²) in [5.74, 6) is -8.28. The van der Waals surface area contributed by atoms with Crippen LogP contribution in [0, 0.1) is 0 Å². The van der Waals surface area contributed by atoms with E-state index in [1.54, 1.807) is 0 Å². The zero-order valence-electron chi connectivity index (χ0n) is 27.6. The second kappa shape index (κ2) is 21.2. The van der Waals surface area contributed by atoms with Gasteiger partial charge < -0.3 is 62.1 Å². The molecule has 1 saturated heterocycles. The molecule has 0 radical (unpaired) electrons. The van der Waals surface area contributed by atoms with Crippen molar-refractivity contribution in [3.8, 4) is 0 Å². The highest BCUT2D eigenvalue weighted by Crippen LogP contribution is 2.26. The van der Waals surface area contributed by atoms with Crippen LogP contribution in [0.3, 0.4) is 0 Å². The fourth-order valence-electron chi connectivity index (χ4n) is 4.59. The second-order valence-electron chi connectivity index (χ2n) is 10.8. The predicted molar refractivity (Wildman–Crippen MR) is 163 cm³/mol. The number of rotatable bonds is 19. The fourth-order valence-corrected chi connectivity index (χ4v) is 4.59. The van der Waals surface area contributed by atoms with E-state index in [-0.39, 0.29) is 13.0 Å². The molecule has 5 amide bonds. The second-order valence-corrected chi connectivity index (χ2v) is 10.8. The van der Waals surface area contributed by atoms with E-state index in [9.17, 15) is 48.3 Å². The molecule has 10 N–H and O–H groups in total. The lowest BCUT2D eigenvalue weighted by Crippen LogP contribution is -2.69. The lowest BCUT2D eigenvalue weighted by Gasteiger charge is -2.45. The number of carboxylic acid groups (broad SMARTS) is 1. The topological polar surface area (TPSA) is 323 Å². The first kappa shape index (κ1) is 42.1. The largest absolute Gasteiger partial charge is 0.480 e. The van der Waals surface area contributed by atoms with Crippen molar-refractivity contribution in [1.29, 1.82) is 0 Å². The van der Waals surface area contributed by atoms with Crippen molar-refractivity contribution in [2.75, 3.05) is 26.2 Å². The summed E-state index contributed by atoms with van der Waals surface area (Å²) in [6.07, 6.45) is -5.95. The minimum atomic E-state index is -1.71. The monoisotopic (exact) mass is 703 g/mol. The maximum atomic E-state index is 13.4. The summed E-state index contributed by atoms with van der Waals surface area (Å²) in [4.78, 5) is 110. The Bertz CT molecular complexity index is 1230. The standard InChI is InChI=1S/C28H45N7O14/c1-13(36)32-23-25(48-16(4)39)24(47-15(3)38)19(12-46-14(2)37)49-27(23)35-20(40)9-18(33-22(42)11-31-21(41)10-30)26(43)34-17(28(44)45)7-5-6-8-29/h17-19,23-25,27H,5-12,29-30H2,1-4H3,(H,31,41)(H,32,36)(H,33,42)(H,34,43)(H,35,40)(H,44,45)/t17-,18-,19+,23+,24+,25+,27+/m0/s1. The Morgan fingerprint density at radius 1 is 0.776 bits per heavy atom. The predicted octanol–water partition coefficient (Wildman–Crippen LogP) is -4.59. The van der Waals surface area contributed by atoms with Crippen LogP contribution in [0.15, 0.2) is 0 Å². The Balaban J connectivity index is 3.41. The molecular weight excluding hydrogens is 658 g/mol. The highest BCUT2D eigenvalue weighted by molar-refractivity contribution is 5.95. The van der Waals surface area contributed by atoms with Crippen LogP contribution in [0.2, 0.25) is 0 Å². The summed E-state index contributed by atoms with van der Waals surface area (Å²) < 4.78 is 21.6. The average Bonchev–Trinajstić information content (AvgIpc) is 3.00. The number of hydrogen-bond acceptors (Lipinski definition) is 15. The van der Waals surface area contributed by atoms with Gasteiger partial charge in [0.1, 0.15) is 30.8 Å². The Labute approximate surface area is 281 Å². The van der Waals surface area contributed by atoms with Gasteiger partial charge in [-0.3, -0.25) is 38.4 Å². The van der Waals surface area contributed by atoms with E-state index in [0.717, 1.165) is 27.7 Å². The molecule has 1 fully saturated rings. The minimum Gasteiger partial charge on any atom is -0.480 e. The van der Waals surface area contributed by atoms with E-state index in [2.05, 4.69) is 26.6 Å². The summed E-state index contributed by atoms with van der Waals surface area (Å²) in [5, 5.41) is 21.2. The number of esters is 3. The van der Waals surface area contributed by atoms with E-state index in [1.165, 1.54) is 0 Å². The molecule has 0 saturated carbocycles. The number of amides is 5. The number of carboxylic acids is 1. The summed E-state index contributed by atoms with van der Waals surface area (Å²) in [7, 11) is 0. The minimum absolute atomic E-state index is 0.0171. The molecule has 0 aromatic rings. The van der Waals surface area contributed by atoms with E-state index in [4.69, 9.17) is 30.4 Å². The smallest absolute Gasteiger partial charge is 0.326 e. The highest BCUT2D eigenvalue weighted by atomic mass is 16.6. The molecule has 0 aromatic carbocycles. The number of hydrogen-bond donors (Lipinski definition) is 8. The average molecular weight is 704 g/mol. The third-order valence-corrected chi connectivity index (χ3v) is 6.65. The highest BCUT2D eigenvalue weighted by Gasteiger charge is 2.51. The molecule has 21 heteroatoms. The molecule has 1 aliphatic heterocycles. The Morgan fingerprint density at radius 2 is 1.41 bits per heavy atom. The van der Waals surface area contributed by atoms with Crippen LogP contribution in [-0.2, 0) is 62.1 Å². The van der Waals surface area contributed by atoms with Crippen molar-refractivity contribution >= 4 is 53.4 Å². The molecule has 0 spiro atoms. The Morgan fingerprint density at radius 3 is 1.94 bits per heavy atom. The first-order chi connectivity index (χ1) is 23.0. The van der Waals surface area contributed by atoms with Gasteiger partial charge in [0, 0.05) is 27.7 Å². The molecule has 1 rings (SSSR count). The molecule has 0 aromatic heterocycles. The summed E-state index contributed by atoms with van der Waals surface area (Å²) >= 11 is 0. The fraction of sp³-hybridized carbons (Fsp3) is 0.679. The number of nitrogens with two attached hydrogens (primary N) is 2. The van der Waals surface area contributed by atoms with Crippen molar-refractivity contribution < 1.29 is 67.2 Å². The Hall–Kier alpha value is -4.89. The molecule has 0 unspecified atom stereocenters. The first-order valence-electron chi connectivity index (χ1n) is 15.2. The van der Waals surface area contributed by atoms with Gasteiger partial charge >= 0.3 is 23.9 Å². The van der Waals surface area contributed by atoms with Gasteiger partial charge in [0.15, 0.2) is 18.4 Å². The summed E-state index contributed by atoms with van der Waals surface area (Å²) in [5.41, 5.74) is 10.7. The van der Waals surface area contributed by atoms with Crippen molar-refractivity contribution in [1.82, 2.24) is 26.6 Å². The molecule has 21 nitrogen and oxygen atoms in total. The summed E-state index contributed by atoms with van der Waals surface area (Å²) in [6, 6.07) is -4.54. The first-order valence-corrected chi connectivity index (χ1v) is 15.2. The van der Waals surface area contributed by atoms with Gasteiger partial charge in [-0.15, -0.1) is 0 Å². The van der Waals surface area contributed by atoms with Crippen molar-refractivity contribution in [2.24, 2.45) is 11.5 Å². The van der Waals surface area contributed by atoms with E-state index < -0.39 is 122 Å². The third-order valence-electron chi connectivity index (χ3n) is 6.65. The third kappa shape index (κ3) is 15.7. The SMILES string of the molecule is CC(=O)N[C@@H]1[C@@H](OC(C)=O)[C@H](OC(C)=O)[C@@H](COC(C)=O)O[C@H]1NC(=O)C[C@H](NC(=O)CNC(=O)CN)C(=O)N[C@@H](CCCCN)C(=O)O. The van der Waals surface area contributed by atoms with Crippen LogP contribution in [0.1, 0.15) is 53.4 Å². The van der Waals surface area contributed by atoms with Crippen molar-refractivity contribution in [2.45, 2.75) is 96.0 Å². The van der Waals surface area contributed by atoms with Crippen LogP contribution in [0.5, 0.6) is 0 Å². The van der Waals surface area contributed by atoms with Gasteiger partial charge in [-0.1, -0.05) is 0 Å². The zero-order chi connectivity index (χ0) is 37.3. The van der Waals surface area contributed by atoms with Crippen LogP contribution < -0.4 is 38.1 Å². The van der Waals surface area contributed by atoms with E-state index >= 15 is 0 Å². The number of aliphatic carboxylic acids is 1. The van der Waals surface area contributed by atoms with Crippen molar-refractivity contribution in [3.05, 3.63) is 0 Å². The maximum absolute atomic E-state index is 13.4. The summed E-state index contributed by atoms with van der Waals surface area (Å²) in [6.45, 7) is 2.90. The molecule has 1 aliphatic rings. The van der Waals surface area contributed by atoms with Gasteiger partial charge in [-0.25, -0.2) is 4.79 Å². The molecule has 0 aliphatic carbocycles. The van der Waals surface area contributed by atoms with Gasteiger partial charge in [-0.05, 0) is 25.8 Å². The molecule has 49 heavy (non-hydrogen) atoms. The molecule has 1 heterocycles. The van der Waals surface area contributed by atoms with Crippen molar-refractivity contribution in [3.63, 3.8) is 0 Å². The lowest BCUT2D eigenvalue weighted by atomic mass is 9.94. The molecule has 7 atom stereocenters. The van der Waals surface area contributed by atoms with E-state index in [0.29, 0.717) is 12.8 Å². The van der Waals surface area contributed by atoms with Crippen LogP contribution in [0.4, 0.5) is 0 Å². The zero-order valence-corrected chi connectivity index (χ0v) is 27.6. The Kier molecular flexibility index (Phi) is 18.2. The van der Waals surface area contributed by atoms with Gasteiger partial charge in [-0.2, -0.15) is 0 Å². The van der Waals surface area contributed by atoms with Crippen LogP contribution in [-0.4, -0.2) is 127 Å². The van der Waals surface area contributed by atoms with Gasteiger partial charge in [0.2, 0.25) is 29.5 Å². The molecule has 0 bridgehead atoms. The number of ether oxygens (including phenoxy) is 4. The normalized spacial score (nSPS) is 21.1. The number of unbranched alkanes of at least 4 members (excludes halogenated alkanes) is 1. The number of carbonyl (C=O) groups is 9. The maximum Gasteiger partial charge on any atom is 0.326 e. The van der Waals surface area contributed by atoms with Crippen LogP contribution in [0.25, 0.3) is 0 Å². The number of nitrogens with one attached hydrogen (secondary N) is 5. The van der Waals surface area contributed by atoms with E-state index in [1.807, 2.05) is 0 Å². The number of carbonyl (C=O) groups excluding carboxylic acids is 8. The quantitative estimate of drug-likeness (QED) is 0.0356. The van der Waals surface area contributed by atoms with Gasteiger partial charge in [0.25, 0.3) is 0 Å². The molecular formula is C28H45N7O14. The molecule has 276 valence electrons. The lowest BCUT2D eigenvalue weighted by molar-refractivity contribution is -0.228. The van der Waals surface area contributed by atoms with Crippen LogP contribution >= 0.6 is 0 Å². The van der Waals surface area contributed by atoms with Gasteiger partial charge in [0.05, 0.1) is 19.5 Å².